The molecule has 0 bridgehead atoms. The van der Waals surface area contributed by atoms with E-state index in [1.165, 1.54) is 11.3 Å². The van der Waals surface area contributed by atoms with Crippen molar-refractivity contribution in [2.45, 2.75) is 19.9 Å². The minimum atomic E-state index is -0.0531. The van der Waals surface area contributed by atoms with Crippen molar-refractivity contribution >= 4 is 28.3 Å². The third-order valence-corrected chi connectivity index (χ3v) is 5.62. The number of rotatable bonds is 6. The van der Waals surface area contributed by atoms with E-state index < -0.39 is 0 Å². The highest BCUT2D eigenvalue weighted by atomic mass is 32.1. The van der Waals surface area contributed by atoms with Crippen LogP contribution < -0.4 is 5.32 Å². The van der Waals surface area contributed by atoms with Gasteiger partial charge in [-0.2, -0.15) is 0 Å². The molecule has 0 unspecified atom stereocenters. The number of nitrogens with zero attached hydrogens (tertiary/aromatic N) is 3. The summed E-state index contributed by atoms with van der Waals surface area (Å²) >= 11 is 1.44. The summed E-state index contributed by atoms with van der Waals surface area (Å²) in [6, 6.07) is 18.0. The van der Waals surface area contributed by atoms with Crippen LogP contribution in [0.3, 0.4) is 0 Å². The Bertz CT molecular complexity index is 1070. The number of para-hydroxylation sites is 2. The van der Waals surface area contributed by atoms with E-state index in [2.05, 4.69) is 25.9 Å². The summed E-state index contributed by atoms with van der Waals surface area (Å²) in [6.07, 6.45) is 2.70. The Labute approximate surface area is 161 Å². The predicted molar refractivity (Wildman–Crippen MR) is 109 cm³/mol. The number of nitrogens with one attached hydrogen (secondary N) is 1. The van der Waals surface area contributed by atoms with Gasteiger partial charge in [0.2, 0.25) is 0 Å². The Hall–Kier alpha value is -2.99. The maximum Gasteiger partial charge on any atom is 0.263 e. The summed E-state index contributed by atoms with van der Waals surface area (Å²) in [5.74, 6) is -0.0531. The monoisotopic (exact) mass is 376 g/mol. The molecule has 4 rings (SSSR count). The molecule has 0 aliphatic rings. The van der Waals surface area contributed by atoms with Crippen LogP contribution in [0.2, 0.25) is 0 Å². The molecule has 136 valence electrons. The van der Waals surface area contributed by atoms with Crippen molar-refractivity contribution < 1.29 is 4.79 Å². The van der Waals surface area contributed by atoms with Crippen LogP contribution in [0.5, 0.6) is 0 Å². The van der Waals surface area contributed by atoms with Crippen LogP contribution in [0.1, 0.15) is 21.8 Å². The molecule has 5 nitrogen and oxygen atoms in total. The van der Waals surface area contributed by atoms with Crippen molar-refractivity contribution in [1.29, 1.82) is 0 Å². The van der Waals surface area contributed by atoms with Gasteiger partial charge in [-0.1, -0.05) is 42.5 Å². The van der Waals surface area contributed by atoms with E-state index >= 15 is 0 Å². The van der Waals surface area contributed by atoms with E-state index in [0.717, 1.165) is 40.3 Å². The number of hydrogen-bond acceptors (Lipinski definition) is 4. The Kier molecular flexibility index (Phi) is 4.98. The predicted octanol–water partition coefficient (Wildman–Crippen LogP) is 4.29. The second-order valence-corrected chi connectivity index (χ2v) is 7.33. The molecular formula is C21H20N4OS. The molecule has 0 atom stereocenters. The molecule has 0 aliphatic heterocycles. The Morgan fingerprint density at radius 3 is 2.74 bits per heavy atom. The van der Waals surface area contributed by atoms with Gasteiger partial charge in [-0.3, -0.25) is 4.79 Å². The second-order valence-electron chi connectivity index (χ2n) is 6.34. The van der Waals surface area contributed by atoms with Gasteiger partial charge in [0.1, 0.15) is 9.88 Å². The van der Waals surface area contributed by atoms with E-state index in [0.29, 0.717) is 11.4 Å². The first-order chi connectivity index (χ1) is 13.2. The topological polar surface area (TPSA) is 59.8 Å². The molecular weight excluding hydrogens is 356 g/mol. The third kappa shape index (κ3) is 3.75. The molecule has 2 aromatic carbocycles. The van der Waals surface area contributed by atoms with Gasteiger partial charge in [0, 0.05) is 18.7 Å². The number of benzene rings is 2. The van der Waals surface area contributed by atoms with Crippen molar-refractivity contribution in [3.63, 3.8) is 0 Å². The zero-order valence-corrected chi connectivity index (χ0v) is 15.9. The average Bonchev–Trinajstić information content (AvgIpc) is 3.29. The van der Waals surface area contributed by atoms with Gasteiger partial charge >= 0.3 is 0 Å². The lowest BCUT2D eigenvalue weighted by Gasteiger charge is -2.06. The summed E-state index contributed by atoms with van der Waals surface area (Å²) in [5.41, 5.74) is 3.93. The molecule has 2 aromatic heterocycles. The number of aromatic nitrogens is 3. The lowest BCUT2D eigenvalue weighted by Crippen LogP contribution is -2.25. The third-order valence-electron chi connectivity index (χ3n) is 4.41. The molecule has 0 aliphatic carbocycles. The van der Waals surface area contributed by atoms with Gasteiger partial charge in [0.15, 0.2) is 0 Å². The molecule has 1 N–H and O–H groups in total. The minimum absolute atomic E-state index is 0.0531. The normalized spacial score (nSPS) is 11.0. The smallest absolute Gasteiger partial charge is 0.263 e. The van der Waals surface area contributed by atoms with Gasteiger partial charge in [-0.15, -0.1) is 11.3 Å². The number of amides is 1. The first kappa shape index (κ1) is 17.4. The van der Waals surface area contributed by atoms with Crippen LogP contribution in [0, 0.1) is 6.92 Å². The molecule has 1 amide bonds. The van der Waals surface area contributed by atoms with Gasteiger partial charge in [0.05, 0.1) is 23.1 Å². The molecule has 4 aromatic rings. The van der Waals surface area contributed by atoms with Gasteiger partial charge in [-0.25, -0.2) is 9.97 Å². The summed E-state index contributed by atoms with van der Waals surface area (Å²) in [6.45, 7) is 3.32. The molecule has 2 heterocycles. The highest BCUT2D eigenvalue weighted by molar-refractivity contribution is 7.17. The van der Waals surface area contributed by atoms with E-state index in [4.69, 9.17) is 0 Å². The van der Waals surface area contributed by atoms with E-state index in [9.17, 15) is 4.79 Å². The highest BCUT2D eigenvalue weighted by Gasteiger charge is 2.15. The number of carbonyl (C=O) groups is 1. The van der Waals surface area contributed by atoms with E-state index in [1.54, 1.807) is 0 Å². The average molecular weight is 376 g/mol. The largest absolute Gasteiger partial charge is 0.351 e. The first-order valence-corrected chi connectivity index (χ1v) is 9.75. The summed E-state index contributed by atoms with van der Waals surface area (Å²) in [7, 11) is 0. The highest BCUT2D eigenvalue weighted by Crippen LogP contribution is 2.27. The fraction of sp³-hybridized carbons (Fsp3) is 0.190. The summed E-state index contributed by atoms with van der Waals surface area (Å²) in [5, 5.41) is 3.89. The molecule has 0 spiro atoms. The van der Waals surface area contributed by atoms with Crippen LogP contribution in [-0.4, -0.2) is 27.0 Å². The zero-order chi connectivity index (χ0) is 18.6. The fourth-order valence-corrected chi connectivity index (χ4v) is 4.02. The number of thiazole rings is 1. The van der Waals surface area contributed by atoms with Crippen molar-refractivity contribution in [3.8, 4) is 10.6 Å². The standard InChI is InChI=1S/C21H20N4OS/c1-15-19(27-21(24-15)16-8-3-2-4-9-16)20(26)22-12-7-13-25-14-23-17-10-5-6-11-18(17)25/h2-6,8-11,14H,7,12-13H2,1H3,(H,22,26). The van der Waals surface area contributed by atoms with Gasteiger partial charge < -0.3 is 9.88 Å². The maximum absolute atomic E-state index is 12.5. The van der Waals surface area contributed by atoms with Crippen LogP contribution >= 0.6 is 11.3 Å². The number of aryl methyl sites for hydroxylation is 2. The second kappa shape index (κ2) is 7.72. The number of carbonyl (C=O) groups excluding carboxylic acids is 1. The fourth-order valence-electron chi connectivity index (χ4n) is 3.03. The van der Waals surface area contributed by atoms with Crippen molar-refractivity contribution in [1.82, 2.24) is 19.9 Å². The quantitative estimate of drug-likeness (QED) is 0.511. The molecule has 27 heavy (non-hydrogen) atoms. The first-order valence-electron chi connectivity index (χ1n) is 8.93. The molecule has 0 saturated heterocycles. The van der Waals surface area contributed by atoms with Crippen molar-refractivity contribution in [2.75, 3.05) is 6.54 Å². The Morgan fingerprint density at radius 1 is 1.11 bits per heavy atom. The van der Waals surface area contributed by atoms with Gasteiger partial charge in [0.25, 0.3) is 5.91 Å². The van der Waals surface area contributed by atoms with Crippen molar-refractivity contribution in [3.05, 3.63) is 71.5 Å². The molecule has 0 saturated carbocycles. The number of hydrogen-bond donors (Lipinski definition) is 1. The number of imidazole rings is 1. The van der Waals surface area contributed by atoms with Crippen LogP contribution in [0.25, 0.3) is 21.6 Å². The van der Waals surface area contributed by atoms with Gasteiger partial charge in [-0.05, 0) is 25.5 Å². The van der Waals surface area contributed by atoms with Crippen LogP contribution in [0.15, 0.2) is 60.9 Å². The van der Waals surface area contributed by atoms with E-state index in [-0.39, 0.29) is 5.91 Å². The van der Waals surface area contributed by atoms with E-state index in [1.807, 2.05) is 61.8 Å². The van der Waals surface area contributed by atoms with Crippen molar-refractivity contribution in [2.24, 2.45) is 0 Å². The maximum atomic E-state index is 12.5. The summed E-state index contributed by atoms with van der Waals surface area (Å²) < 4.78 is 2.12. The SMILES string of the molecule is Cc1nc(-c2ccccc2)sc1C(=O)NCCCn1cnc2ccccc21. The lowest BCUT2D eigenvalue weighted by atomic mass is 10.2. The minimum Gasteiger partial charge on any atom is -0.351 e. The lowest BCUT2D eigenvalue weighted by molar-refractivity contribution is 0.0956. The van der Waals surface area contributed by atoms with Crippen LogP contribution in [-0.2, 0) is 6.54 Å². The Morgan fingerprint density at radius 2 is 1.89 bits per heavy atom. The Balaban J connectivity index is 1.35. The zero-order valence-electron chi connectivity index (χ0n) is 15.1. The number of fused-ring (bicyclic) bond motifs is 1. The molecule has 6 heteroatoms. The molecule has 0 radical (unpaired) electrons. The molecule has 0 fully saturated rings. The van der Waals surface area contributed by atoms with Crippen LogP contribution in [0.4, 0.5) is 0 Å². The summed E-state index contributed by atoms with van der Waals surface area (Å²) in [4.78, 5) is 22.1.